The van der Waals surface area contributed by atoms with Crippen LogP contribution in [-0.2, 0) is 0 Å². The number of rotatable bonds is 3. The number of amidine groups is 1. The maximum atomic E-state index is 8.78. The van der Waals surface area contributed by atoms with E-state index < -0.39 is 0 Å². The standard InChI is InChI=1S/C12H13N5O/c1-17(11-7-4-8-14-15-11)10-6-3-2-5-9(10)12(13)16-18/h2-8,18H,1H3,(H2,13,16). The van der Waals surface area contributed by atoms with Crippen LogP contribution in [0.25, 0.3) is 0 Å². The van der Waals surface area contributed by atoms with Crippen LogP contribution in [0.5, 0.6) is 0 Å². The largest absolute Gasteiger partial charge is 0.409 e. The molecule has 2 aromatic rings. The lowest BCUT2D eigenvalue weighted by Crippen LogP contribution is -2.20. The third-order valence-corrected chi connectivity index (χ3v) is 2.55. The molecule has 0 aliphatic heterocycles. The zero-order valence-corrected chi connectivity index (χ0v) is 9.85. The summed E-state index contributed by atoms with van der Waals surface area (Å²) in [7, 11) is 1.84. The Kier molecular flexibility index (Phi) is 3.38. The fraction of sp³-hybridized carbons (Fsp3) is 0.0833. The summed E-state index contributed by atoms with van der Waals surface area (Å²) in [5.41, 5.74) is 7.07. The van der Waals surface area contributed by atoms with Crippen LogP contribution in [0.15, 0.2) is 47.8 Å². The molecule has 0 atom stereocenters. The van der Waals surface area contributed by atoms with E-state index in [1.54, 1.807) is 18.3 Å². The number of nitrogens with zero attached hydrogens (tertiary/aromatic N) is 4. The SMILES string of the molecule is CN(c1cccnn1)c1ccccc1C(N)=NO. The van der Waals surface area contributed by atoms with Gasteiger partial charge in [0, 0.05) is 18.8 Å². The minimum absolute atomic E-state index is 0.0568. The zero-order chi connectivity index (χ0) is 13.0. The quantitative estimate of drug-likeness (QED) is 0.367. The third-order valence-electron chi connectivity index (χ3n) is 2.55. The summed E-state index contributed by atoms with van der Waals surface area (Å²) in [5, 5.41) is 19.6. The first-order valence-electron chi connectivity index (χ1n) is 5.32. The molecule has 0 fully saturated rings. The number of hydrogen-bond donors (Lipinski definition) is 2. The highest BCUT2D eigenvalue weighted by molar-refractivity contribution is 6.02. The minimum Gasteiger partial charge on any atom is -0.409 e. The van der Waals surface area contributed by atoms with Gasteiger partial charge in [0.05, 0.1) is 5.69 Å². The van der Waals surface area contributed by atoms with Crippen LogP contribution in [0.3, 0.4) is 0 Å². The van der Waals surface area contributed by atoms with Crippen molar-refractivity contribution in [3.8, 4) is 0 Å². The molecule has 0 radical (unpaired) electrons. The molecule has 1 heterocycles. The van der Waals surface area contributed by atoms with E-state index in [0.29, 0.717) is 11.4 Å². The second-order valence-electron chi connectivity index (χ2n) is 3.64. The van der Waals surface area contributed by atoms with Crippen molar-refractivity contribution in [1.82, 2.24) is 10.2 Å². The van der Waals surface area contributed by atoms with Gasteiger partial charge in [-0.2, -0.15) is 5.10 Å². The van der Waals surface area contributed by atoms with Gasteiger partial charge < -0.3 is 15.8 Å². The highest BCUT2D eigenvalue weighted by Crippen LogP contribution is 2.24. The van der Waals surface area contributed by atoms with Crippen LogP contribution in [0, 0.1) is 0 Å². The molecule has 1 aromatic carbocycles. The van der Waals surface area contributed by atoms with E-state index >= 15 is 0 Å². The van der Waals surface area contributed by atoms with Crippen LogP contribution < -0.4 is 10.6 Å². The van der Waals surface area contributed by atoms with E-state index in [1.165, 1.54) is 0 Å². The Hall–Kier alpha value is -2.63. The maximum absolute atomic E-state index is 8.78. The van der Waals surface area contributed by atoms with E-state index in [2.05, 4.69) is 15.4 Å². The van der Waals surface area contributed by atoms with E-state index in [0.717, 1.165) is 5.69 Å². The fourth-order valence-corrected chi connectivity index (χ4v) is 1.63. The van der Waals surface area contributed by atoms with Crippen molar-refractivity contribution < 1.29 is 5.21 Å². The summed E-state index contributed by atoms with van der Waals surface area (Å²) < 4.78 is 0. The van der Waals surface area contributed by atoms with E-state index in [-0.39, 0.29) is 5.84 Å². The van der Waals surface area contributed by atoms with Gasteiger partial charge in [-0.05, 0) is 24.3 Å². The number of hydrogen-bond acceptors (Lipinski definition) is 5. The molecule has 0 spiro atoms. The van der Waals surface area contributed by atoms with Gasteiger partial charge in [-0.25, -0.2) is 0 Å². The Morgan fingerprint density at radius 2 is 2.06 bits per heavy atom. The van der Waals surface area contributed by atoms with Crippen molar-refractivity contribution >= 4 is 17.3 Å². The van der Waals surface area contributed by atoms with Gasteiger partial charge in [-0.15, -0.1) is 5.10 Å². The molecule has 1 aromatic heterocycles. The molecular weight excluding hydrogens is 230 g/mol. The molecule has 6 heteroatoms. The Morgan fingerprint density at radius 3 is 2.72 bits per heavy atom. The van der Waals surface area contributed by atoms with Gasteiger partial charge in [-0.1, -0.05) is 17.3 Å². The first kappa shape index (κ1) is 11.8. The third kappa shape index (κ3) is 2.22. The molecule has 0 saturated heterocycles. The van der Waals surface area contributed by atoms with Crippen LogP contribution in [-0.4, -0.2) is 28.3 Å². The topological polar surface area (TPSA) is 87.6 Å². The lowest BCUT2D eigenvalue weighted by atomic mass is 10.1. The number of oxime groups is 1. The number of benzene rings is 1. The van der Waals surface area contributed by atoms with Crippen LogP contribution in [0.4, 0.5) is 11.5 Å². The van der Waals surface area contributed by atoms with Crippen molar-refractivity contribution in [3.63, 3.8) is 0 Å². The van der Waals surface area contributed by atoms with Gasteiger partial charge in [0.15, 0.2) is 11.7 Å². The number of para-hydroxylation sites is 1. The zero-order valence-electron chi connectivity index (χ0n) is 9.85. The number of anilines is 2. The predicted octanol–water partition coefficient (Wildman–Crippen LogP) is 1.34. The summed E-state index contributed by atoms with van der Waals surface area (Å²) in [5.74, 6) is 0.733. The van der Waals surface area contributed by atoms with Gasteiger partial charge >= 0.3 is 0 Å². The van der Waals surface area contributed by atoms with Gasteiger partial charge in [0.1, 0.15) is 0 Å². The summed E-state index contributed by atoms with van der Waals surface area (Å²) in [6.45, 7) is 0. The normalized spacial score (nSPS) is 11.3. The average molecular weight is 243 g/mol. The molecule has 0 aliphatic rings. The van der Waals surface area contributed by atoms with Crippen LogP contribution in [0.1, 0.15) is 5.56 Å². The van der Waals surface area contributed by atoms with Gasteiger partial charge in [-0.3, -0.25) is 0 Å². The molecular formula is C12H13N5O. The Balaban J connectivity index is 2.46. The molecule has 0 amide bonds. The Labute approximate surface area is 104 Å². The molecule has 0 saturated carbocycles. The molecule has 0 bridgehead atoms. The maximum Gasteiger partial charge on any atom is 0.172 e. The van der Waals surface area contributed by atoms with Crippen molar-refractivity contribution in [2.24, 2.45) is 10.9 Å². The van der Waals surface area contributed by atoms with E-state index in [1.807, 2.05) is 36.2 Å². The lowest BCUT2D eigenvalue weighted by Gasteiger charge is -2.20. The molecule has 2 rings (SSSR count). The van der Waals surface area contributed by atoms with Crippen molar-refractivity contribution in [2.45, 2.75) is 0 Å². The lowest BCUT2D eigenvalue weighted by molar-refractivity contribution is 0.318. The highest BCUT2D eigenvalue weighted by atomic mass is 16.4. The Bertz CT molecular complexity index is 555. The van der Waals surface area contributed by atoms with Crippen molar-refractivity contribution in [1.29, 1.82) is 0 Å². The average Bonchev–Trinajstić information content (AvgIpc) is 2.46. The second-order valence-corrected chi connectivity index (χ2v) is 3.64. The highest BCUT2D eigenvalue weighted by Gasteiger charge is 2.12. The predicted molar refractivity (Wildman–Crippen MR) is 69.0 cm³/mol. The van der Waals surface area contributed by atoms with Crippen molar-refractivity contribution in [2.75, 3.05) is 11.9 Å². The molecule has 92 valence electrons. The Morgan fingerprint density at radius 1 is 1.28 bits per heavy atom. The monoisotopic (exact) mass is 243 g/mol. The molecule has 18 heavy (non-hydrogen) atoms. The van der Waals surface area contributed by atoms with E-state index in [4.69, 9.17) is 10.9 Å². The number of aromatic nitrogens is 2. The van der Waals surface area contributed by atoms with Gasteiger partial charge in [0.2, 0.25) is 0 Å². The van der Waals surface area contributed by atoms with Crippen molar-refractivity contribution in [3.05, 3.63) is 48.2 Å². The summed E-state index contributed by atoms with van der Waals surface area (Å²) in [6.07, 6.45) is 1.60. The molecule has 0 unspecified atom stereocenters. The summed E-state index contributed by atoms with van der Waals surface area (Å²) in [4.78, 5) is 1.82. The fourth-order valence-electron chi connectivity index (χ4n) is 1.63. The van der Waals surface area contributed by atoms with Crippen LogP contribution in [0.2, 0.25) is 0 Å². The van der Waals surface area contributed by atoms with Crippen LogP contribution >= 0.6 is 0 Å². The smallest absolute Gasteiger partial charge is 0.172 e. The first-order chi connectivity index (χ1) is 8.74. The minimum atomic E-state index is 0.0568. The first-order valence-corrected chi connectivity index (χ1v) is 5.32. The number of nitrogens with two attached hydrogens (primary N) is 1. The summed E-state index contributed by atoms with van der Waals surface area (Å²) >= 11 is 0. The van der Waals surface area contributed by atoms with E-state index in [9.17, 15) is 0 Å². The molecule has 3 N–H and O–H groups in total. The molecule has 6 nitrogen and oxygen atoms in total. The second kappa shape index (κ2) is 5.13. The summed E-state index contributed by atoms with van der Waals surface area (Å²) in [6, 6.07) is 11.0. The van der Waals surface area contributed by atoms with Gasteiger partial charge in [0.25, 0.3) is 0 Å². The molecule has 0 aliphatic carbocycles.